The minimum Gasteiger partial charge on any atom is -0.497 e. The number of carbonyl (C=O) groups excluding carboxylic acids is 1. The van der Waals surface area contributed by atoms with Crippen LogP contribution in [0.15, 0.2) is 29.2 Å². The van der Waals surface area contributed by atoms with Gasteiger partial charge in [-0.2, -0.15) is 4.31 Å². The molecular formula is C13H18N2O8S. The molecule has 0 aromatic heterocycles. The van der Waals surface area contributed by atoms with Gasteiger partial charge in [-0.25, -0.2) is 13.9 Å². The van der Waals surface area contributed by atoms with E-state index in [1.807, 2.05) is 0 Å². The van der Waals surface area contributed by atoms with Gasteiger partial charge in [0.1, 0.15) is 24.0 Å². The van der Waals surface area contributed by atoms with Crippen LogP contribution in [0.2, 0.25) is 0 Å². The van der Waals surface area contributed by atoms with Crippen molar-refractivity contribution >= 4 is 15.9 Å². The van der Waals surface area contributed by atoms with E-state index in [-0.39, 0.29) is 4.90 Å². The number of ether oxygens (including phenoxy) is 1. The Morgan fingerprint density at radius 3 is 2.29 bits per heavy atom. The Bertz CT molecular complexity index is 692. The average Bonchev–Trinajstić information content (AvgIpc) is 2.58. The summed E-state index contributed by atoms with van der Waals surface area (Å²) < 4.78 is 30.9. The lowest BCUT2D eigenvalue weighted by atomic mass is 9.96. The molecule has 1 aliphatic heterocycles. The maximum atomic E-state index is 12.7. The van der Waals surface area contributed by atoms with Gasteiger partial charge in [-0.05, 0) is 24.3 Å². The summed E-state index contributed by atoms with van der Waals surface area (Å²) in [5, 5.41) is 38.2. The molecule has 2 rings (SSSR count). The fourth-order valence-corrected chi connectivity index (χ4v) is 4.09. The molecule has 5 N–H and O–H groups in total. The number of hydrogen-bond acceptors (Lipinski definition) is 8. The van der Waals surface area contributed by atoms with E-state index in [0.29, 0.717) is 10.1 Å². The van der Waals surface area contributed by atoms with Gasteiger partial charge in [0.25, 0.3) is 5.91 Å². The summed E-state index contributed by atoms with van der Waals surface area (Å²) in [6.45, 7) is -0.634. The number of benzene rings is 1. The maximum Gasteiger partial charge on any atom is 0.264 e. The Kier molecular flexibility index (Phi) is 5.42. The minimum atomic E-state index is -4.31. The van der Waals surface area contributed by atoms with Gasteiger partial charge in [0.2, 0.25) is 10.0 Å². The van der Waals surface area contributed by atoms with Crippen LogP contribution in [0.4, 0.5) is 0 Å². The molecule has 1 amide bonds. The number of amides is 1. The molecule has 1 fully saturated rings. The Labute approximate surface area is 137 Å². The van der Waals surface area contributed by atoms with Gasteiger partial charge in [0.15, 0.2) is 0 Å². The Morgan fingerprint density at radius 1 is 1.21 bits per heavy atom. The molecule has 0 saturated carbocycles. The maximum absolute atomic E-state index is 12.7. The number of rotatable bonds is 4. The van der Waals surface area contributed by atoms with Crippen LogP contribution in [0.25, 0.3) is 0 Å². The Hall–Kier alpha value is -1.76. The SMILES string of the molecule is COc1ccc(S(=O)(=O)N2C[C@H](O)[C@H](O)[C@@H](O)[C@@H]2C(=O)NO)cc1. The van der Waals surface area contributed by atoms with Crippen molar-refractivity contribution in [3.8, 4) is 5.75 Å². The molecular weight excluding hydrogens is 344 g/mol. The standard InChI is InChI=1S/C13H18N2O8S/c1-23-7-2-4-8(5-3-7)24(21,22)15-6-9(16)11(17)12(18)10(15)13(19)14-20/h2-5,9-12,16-18,20H,6H2,1H3,(H,14,19)/t9-,10+,11-,12-/m0/s1. The predicted molar refractivity (Wildman–Crippen MR) is 78.6 cm³/mol. The van der Waals surface area contributed by atoms with Crippen molar-refractivity contribution in [1.29, 1.82) is 0 Å². The highest BCUT2D eigenvalue weighted by Gasteiger charge is 2.50. The summed E-state index contributed by atoms with van der Waals surface area (Å²) in [7, 11) is -2.90. The molecule has 0 bridgehead atoms. The Morgan fingerprint density at radius 2 is 1.79 bits per heavy atom. The third kappa shape index (κ3) is 3.22. The molecule has 0 spiro atoms. The summed E-state index contributed by atoms with van der Waals surface area (Å²) in [6, 6.07) is 3.43. The van der Waals surface area contributed by atoms with Crippen LogP contribution in [0.5, 0.6) is 5.75 Å². The van der Waals surface area contributed by atoms with Crippen molar-refractivity contribution in [2.75, 3.05) is 13.7 Å². The highest BCUT2D eigenvalue weighted by atomic mass is 32.2. The second kappa shape index (κ2) is 7.01. The summed E-state index contributed by atoms with van der Waals surface area (Å²) in [5.41, 5.74) is 1.25. The number of methoxy groups -OCH3 is 1. The summed E-state index contributed by atoms with van der Waals surface area (Å²) in [5.74, 6) is -0.821. The van der Waals surface area contributed by atoms with Gasteiger partial charge in [0, 0.05) is 6.54 Å². The molecule has 24 heavy (non-hydrogen) atoms. The van der Waals surface area contributed by atoms with Crippen LogP contribution in [-0.4, -0.2) is 77.2 Å². The molecule has 0 unspecified atom stereocenters. The van der Waals surface area contributed by atoms with E-state index in [1.54, 1.807) is 0 Å². The lowest BCUT2D eigenvalue weighted by Gasteiger charge is -2.41. The third-order valence-electron chi connectivity index (χ3n) is 3.79. The van der Waals surface area contributed by atoms with Gasteiger partial charge >= 0.3 is 0 Å². The highest BCUT2D eigenvalue weighted by molar-refractivity contribution is 7.89. The normalized spacial score (nSPS) is 28.4. The predicted octanol–water partition coefficient (Wildman–Crippen LogP) is -2.34. The molecule has 1 heterocycles. The second-order valence-electron chi connectivity index (χ2n) is 5.22. The number of aliphatic hydroxyl groups excluding tert-OH is 3. The van der Waals surface area contributed by atoms with E-state index >= 15 is 0 Å². The zero-order chi connectivity index (χ0) is 18.1. The zero-order valence-corrected chi connectivity index (χ0v) is 13.4. The third-order valence-corrected chi connectivity index (χ3v) is 5.65. The van der Waals surface area contributed by atoms with Crippen molar-refractivity contribution in [3.05, 3.63) is 24.3 Å². The number of hydroxylamine groups is 1. The van der Waals surface area contributed by atoms with E-state index < -0.39 is 46.8 Å². The van der Waals surface area contributed by atoms with Crippen molar-refractivity contribution in [3.63, 3.8) is 0 Å². The molecule has 1 aromatic carbocycles. The van der Waals surface area contributed by atoms with E-state index in [4.69, 9.17) is 9.94 Å². The van der Waals surface area contributed by atoms with Crippen molar-refractivity contribution < 1.29 is 38.5 Å². The van der Waals surface area contributed by atoms with Crippen LogP contribution in [0, 0.1) is 0 Å². The highest BCUT2D eigenvalue weighted by Crippen LogP contribution is 2.27. The van der Waals surface area contributed by atoms with Crippen LogP contribution in [0.1, 0.15) is 0 Å². The van der Waals surface area contributed by atoms with Crippen LogP contribution < -0.4 is 10.2 Å². The number of hydrogen-bond donors (Lipinski definition) is 5. The van der Waals surface area contributed by atoms with Crippen LogP contribution in [0.3, 0.4) is 0 Å². The first-order valence-corrected chi connectivity index (χ1v) is 8.32. The first-order chi connectivity index (χ1) is 11.2. The smallest absolute Gasteiger partial charge is 0.264 e. The van der Waals surface area contributed by atoms with Crippen molar-refractivity contribution in [2.45, 2.75) is 29.2 Å². The number of nitrogens with zero attached hydrogens (tertiary/aromatic N) is 1. The van der Waals surface area contributed by atoms with Crippen LogP contribution >= 0.6 is 0 Å². The minimum absolute atomic E-state index is 0.213. The van der Waals surface area contributed by atoms with Gasteiger partial charge in [-0.1, -0.05) is 0 Å². The zero-order valence-electron chi connectivity index (χ0n) is 12.6. The molecule has 134 valence electrons. The Balaban J connectivity index is 2.45. The lowest BCUT2D eigenvalue weighted by Crippen LogP contribution is -2.66. The lowest BCUT2D eigenvalue weighted by molar-refractivity contribution is -0.154. The molecule has 0 aliphatic carbocycles. The summed E-state index contributed by atoms with van der Waals surface area (Å²) in [4.78, 5) is 11.6. The van der Waals surface area contributed by atoms with Gasteiger partial charge < -0.3 is 20.1 Å². The van der Waals surface area contributed by atoms with Crippen LogP contribution in [-0.2, 0) is 14.8 Å². The quantitative estimate of drug-likeness (QED) is 0.294. The molecule has 1 saturated heterocycles. The molecule has 4 atom stereocenters. The number of carbonyl (C=O) groups is 1. The molecule has 1 aromatic rings. The fraction of sp³-hybridized carbons (Fsp3) is 0.462. The average molecular weight is 362 g/mol. The topological polar surface area (TPSA) is 157 Å². The van der Waals surface area contributed by atoms with Gasteiger partial charge in [-0.15, -0.1) is 0 Å². The first kappa shape index (κ1) is 18.6. The number of piperidine rings is 1. The van der Waals surface area contributed by atoms with E-state index in [0.717, 1.165) is 0 Å². The number of β-amino-alcohol motifs (C(OH)–C–C–N with tert-alkyl or cyclic N) is 1. The molecule has 1 aliphatic rings. The monoisotopic (exact) mass is 362 g/mol. The summed E-state index contributed by atoms with van der Waals surface area (Å²) >= 11 is 0. The molecule has 11 heteroatoms. The first-order valence-electron chi connectivity index (χ1n) is 6.88. The van der Waals surface area contributed by atoms with E-state index in [9.17, 15) is 28.5 Å². The van der Waals surface area contributed by atoms with Gasteiger partial charge in [0.05, 0.1) is 18.1 Å². The number of nitrogens with one attached hydrogen (secondary N) is 1. The van der Waals surface area contributed by atoms with Gasteiger partial charge in [-0.3, -0.25) is 10.0 Å². The number of sulfonamides is 1. The summed E-state index contributed by atoms with van der Waals surface area (Å²) in [6.07, 6.45) is -5.26. The molecule has 0 radical (unpaired) electrons. The van der Waals surface area contributed by atoms with Crippen molar-refractivity contribution in [2.24, 2.45) is 0 Å². The van der Waals surface area contributed by atoms with Crippen molar-refractivity contribution in [1.82, 2.24) is 9.79 Å². The van der Waals surface area contributed by atoms with E-state index in [1.165, 1.54) is 36.9 Å². The second-order valence-corrected chi connectivity index (χ2v) is 7.11. The number of aliphatic hydroxyl groups is 3. The largest absolute Gasteiger partial charge is 0.497 e. The van der Waals surface area contributed by atoms with E-state index in [2.05, 4.69) is 0 Å². The molecule has 10 nitrogen and oxygen atoms in total. The fourth-order valence-electron chi connectivity index (χ4n) is 2.47.